The molecule has 0 saturated carbocycles. The van der Waals surface area contributed by atoms with E-state index in [0.29, 0.717) is 45.9 Å². The van der Waals surface area contributed by atoms with Crippen molar-refractivity contribution in [1.29, 1.82) is 5.26 Å². The molecule has 13 heteroatoms. The number of pyridine rings is 1. The first kappa shape index (κ1) is 32.8. The van der Waals surface area contributed by atoms with Gasteiger partial charge in [0.1, 0.15) is 11.6 Å². The van der Waals surface area contributed by atoms with E-state index in [1.165, 1.54) is 23.6 Å². The second-order valence-corrected chi connectivity index (χ2v) is 13.3. The average Bonchev–Trinajstić information content (AvgIpc) is 3.75. The summed E-state index contributed by atoms with van der Waals surface area (Å²) in [6.45, 7) is 6.35. The number of carbonyl (C=O) groups excluding carboxylic acids is 2. The summed E-state index contributed by atoms with van der Waals surface area (Å²) in [5.41, 5.74) is 2.31. The topological polar surface area (TPSA) is 116 Å². The van der Waals surface area contributed by atoms with Crippen LogP contribution < -0.4 is 10.6 Å². The molecule has 0 radical (unpaired) electrons. The number of nitrogens with one attached hydrogen (secondary N) is 2. The van der Waals surface area contributed by atoms with Crippen LogP contribution >= 0.6 is 11.3 Å². The first-order valence-electron chi connectivity index (χ1n) is 14.9. The highest BCUT2D eigenvalue weighted by atomic mass is 32.1. The Morgan fingerprint density at radius 2 is 2.00 bits per heavy atom. The van der Waals surface area contributed by atoms with E-state index in [-0.39, 0.29) is 35.4 Å². The minimum atomic E-state index is -2.48. The molecule has 1 atom stereocenters. The summed E-state index contributed by atoms with van der Waals surface area (Å²) in [6.07, 6.45) is 2.02. The van der Waals surface area contributed by atoms with Crippen LogP contribution in [0.15, 0.2) is 60.3 Å². The third-order valence-electron chi connectivity index (χ3n) is 7.47. The Balaban J connectivity index is 1.45. The molecular weight excluding hydrogens is 615 g/mol. The third-order valence-corrected chi connectivity index (χ3v) is 8.60. The van der Waals surface area contributed by atoms with Crippen LogP contribution in [-0.4, -0.2) is 56.8 Å². The summed E-state index contributed by atoms with van der Waals surface area (Å²) in [6, 6.07) is 13.5. The third kappa shape index (κ3) is 7.81. The molecule has 9 nitrogen and oxygen atoms in total. The molecule has 2 amide bonds. The Kier molecular flexibility index (Phi) is 9.88. The average molecular weight is 650 g/mol. The number of imidazole rings is 1. The lowest BCUT2D eigenvalue weighted by molar-refractivity contribution is -0.127. The molecule has 1 aromatic carbocycles. The number of thiophene rings is 1. The van der Waals surface area contributed by atoms with Crippen molar-refractivity contribution in [2.75, 3.05) is 18.4 Å². The van der Waals surface area contributed by atoms with Gasteiger partial charge in [-0.2, -0.15) is 9.65 Å². The summed E-state index contributed by atoms with van der Waals surface area (Å²) in [4.78, 5) is 38.0. The highest BCUT2D eigenvalue weighted by Crippen LogP contribution is 2.31. The number of likely N-dealkylation sites (tertiary alicyclic amines) is 1. The van der Waals surface area contributed by atoms with Gasteiger partial charge in [0, 0.05) is 36.8 Å². The zero-order valence-corrected chi connectivity index (χ0v) is 26.5. The van der Waals surface area contributed by atoms with Gasteiger partial charge < -0.3 is 14.8 Å². The maximum atomic E-state index is 13.7. The summed E-state index contributed by atoms with van der Waals surface area (Å²) < 4.78 is 40.9. The van der Waals surface area contributed by atoms with Gasteiger partial charge in [-0.25, -0.2) is 18.7 Å². The Hall–Kier alpha value is -4.54. The van der Waals surface area contributed by atoms with E-state index in [4.69, 9.17) is 4.98 Å². The number of benzene rings is 1. The summed E-state index contributed by atoms with van der Waals surface area (Å²) in [5, 5.41) is 15.4. The number of halogens is 3. The van der Waals surface area contributed by atoms with Crippen LogP contribution in [0.5, 0.6) is 0 Å². The SMILES string of the molecule is CC(C)(C)/C=C(\C#N)C(=O)N1CCC[C@@H]1Cn1c(NC(=O)c2ccc(-c3ccnc(F)c3)s2)nc2cc(CNCC(F)F)ccc21. The zero-order valence-electron chi connectivity index (χ0n) is 25.7. The fourth-order valence-electron chi connectivity index (χ4n) is 5.46. The van der Waals surface area contributed by atoms with Crippen LogP contribution in [0.1, 0.15) is 48.8 Å². The van der Waals surface area contributed by atoms with E-state index in [1.54, 1.807) is 41.3 Å². The van der Waals surface area contributed by atoms with Crippen molar-refractivity contribution < 1.29 is 22.8 Å². The smallest absolute Gasteiger partial charge is 0.268 e. The number of alkyl halides is 2. The van der Waals surface area contributed by atoms with Crippen LogP contribution in [0.2, 0.25) is 0 Å². The molecule has 46 heavy (non-hydrogen) atoms. The van der Waals surface area contributed by atoms with E-state index in [9.17, 15) is 28.0 Å². The fourth-order valence-corrected chi connectivity index (χ4v) is 6.36. The Morgan fingerprint density at radius 1 is 1.20 bits per heavy atom. The molecule has 0 unspecified atom stereocenters. The molecule has 2 N–H and O–H groups in total. The van der Waals surface area contributed by atoms with Crippen molar-refractivity contribution in [2.45, 2.75) is 59.2 Å². The predicted molar refractivity (Wildman–Crippen MR) is 171 cm³/mol. The molecule has 1 aliphatic heterocycles. The Bertz CT molecular complexity index is 1820. The number of nitrogens with zero attached hydrogens (tertiary/aromatic N) is 5. The summed E-state index contributed by atoms with van der Waals surface area (Å²) in [5.74, 6) is -1.11. The van der Waals surface area contributed by atoms with Crippen LogP contribution in [-0.2, 0) is 17.9 Å². The van der Waals surface area contributed by atoms with Gasteiger partial charge in [-0.3, -0.25) is 14.9 Å². The van der Waals surface area contributed by atoms with Crippen molar-refractivity contribution in [3.8, 4) is 16.5 Å². The number of amides is 2. The summed E-state index contributed by atoms with van der Waals surface area (Å²) >= 11 is 1.19. The van der Waals surface area contributed by atoms with Gasteiger partial charge >= 0.3 is 0 Å². The maximum Gasteiger partial charge on any atom is 0.268 e. The van der Waals surface area contributed by atoms with Crippen LogP contribution in [0, 0.1) is 22.7 Å². The van der Waals surface area contributed by atoms with Crippen molar-refractivity contribution in [3.05, 3.63) is 76.7 Å². The fraction of sp³-hybridized carbons (Fsp3) is 0.364. The number of allylic oxidation sites excluding steroid dienone is 1. The molecule has 0 spiro atoms. The number of hydrogen-bond donors (Lipinski definition) is 2. The summed E-state index contributed by atoms with van der Waals surface area (Å²) in [7, 11) is 0. The first-order valence-corrected chi connectivity index (χ1v) is 15.7. The monoisotopic (exact) mass is 649 g/mol. The second kappa shape index (κ2) is 13.8. The predicted octanol–water partition coefficient (Wildman–Crippen LogP) is 6.39. The minimum absolute atomic E-state index is 0.0898. The van der Waals surface area contributed by atoms with Gasteiger partial charge in [-0.1, -0.05) is 32.9 Å². The van der Waals surface area contributed by atoms with Crippen LogP contribution in [0.3, 0.4) is 0 Å². The van der Waals surface area contributed by atoms with Gasteiger partial charge in [0.25, 0.3) is 18.2 Å². The molecule has 0 bridgehead atoms. The molecule has 4 aromatic rings. The van der Waals surface area contributed by atoms with Crippen molar-refractivity contribution in [3.63, 3.8) is 0 Å². The van der Waals surface area contributed by atoms with E-state index < -0.39 is 24.8 Å². The van der Waals surface area contributed by atoms with Gasteiger partial charge in [0.05, 0.1) is 28.5 Å². The number of rotatable bonds is 10. The van der Waals surface area contributed by atoms with Crippen LogP contribution in [0.4, 0.5) is 19.1 Å². The van der Waals surface area contributed by atoms with E-state index in [0.717, 1.165) is 12.0 Å². The number of carbonyl (C=O) groups is 2. The van der Waals surface area contributed by atoms with E-state index in [2.05, 4.69) is 21.7 Å². The molecule has 5 rings (SSSR count). The van der Waals surface area contributed by atoms with Gasteiger partial charge in [0.2, 0.25) is 11.9 Å². The van der Waals surface area contributed by atoms with E-state index in [1.807, 2.05) is 31.4 Å². The standard InChI is InChI=1S/C33H34F3N7O2S/c1-33(2,3)15-22(16-37)31(45)42-12-4-5-23(42)19-43-25-7-6-20(17-38-18-28(34)35)13-24(25)40-32(43)41-30(44)27-9-8-26(46-27)21-10-11-39-29(36)14-21/h6-11,13-15,23,28,38H,4-5,12,17-19H2,1-3H3,(H,40,41,44)/b22-15+/t23-/m1/s1. The van der Waals surface area contributed by atoms with E-state index >= 15 is 0 Å². The van der Waals surface area contributed by atoms with Gasteiger partial charge in [-0.15, -0.1) is 11.3 Å². The largest absolute Gasteiger partial charge is 0.333 e. The minimum Gasteiger partial charge on any atom is -0.333 e. The highest BCUT2D eigenvalue weighted by Gasteiger charge is 2.32. The number of fused-ring (bicyclic) bond motifs is 1. The molecular formula is C33H34F3N7O2S. The number of hydrogen-bond acceptors (Lipinski definition) is 7. The van der Waals surface area contributed by atoms with Crippen molar-refractivity contribution >= 4 is 40.1 Å². The molecule has 3 aromatic heterocycles. The highest BCUT2D eigenvalue weighted by molar-refractivity contribution is 7.17. The number of aromatic nitrogens is 3. The van der Waals surface area contributed by atoms with Crippen molar-refractivity contribution in [1.82, 2.24) is 24.8 Å². The second-order valence-electron chi connectivity index (χ2n) is 12.2. The molecule has 240 valence electrons. The Labute approximate surface area is 268 Å². The molecule has 1 aliphatic rings. The lowest BCUT2D eigenvalue weighted by Gasteiger charge is -2.26. The van der Waals surface area contributed by atoms with Gasteiger partial charge in [0.15, 0.2) is 0 Å². The quantitative estimate of drug-likeness (QED) is 0.117. The molecule has 4 heterocycles. The Morgan fingerprint density at radius 3 is 2.72 bits per heavy atom. The molecule has 1 fully saturated rings. The number of anilines is 1. The van der Waals surface area contributed by atoms with Crippen LogP contribution in [0.25, 0.3) is 21.5 Å². The first-order chi connectivity index (χ1) is 21.9. The number of nitriles is 1. The lowest BCUT2D eigenvalue weighted by atomic mass is 9.93. The lowest BCUT2D eigenvalue weighted by Crippen LogP contribution is -2.39. The van der Waals surface area contributed by atoms with Crippen molar-refractivity contribution in [2.24, 2.45) is 5.41 Å². The maximum absolute atomic E-state index is 13.7. The molecule has 0 aliphatic carbocycles. The normalized spacial score (nSPS) is 15.5. The zero-order chi connectivity index (χ0) is 33.0. The molecule has 1 saturated heterocycles. The van der Waals surface area contributed by atoms with Gasteiger partial charge in [-0.05, 0) is 59.7 Å².